The summed E-state index contributed by atoms with van der Waals surface area (Å²) in [5.41, 5.74) is 5.63. The lowest BCUT2D eigenvalue weighted by molar-refractivity contribution is 0.277. The number of piperazine rings is 1. The molecule has 0 atom stereocenters. The number of likely N-dealkylation sites (N-methyl/N-ethyl adjacent to an activating group) is 1. The van der Waals surface area contributed by atoms with Crippen LogP contribution in [0, 0.1) is 5.82 Å². The minimum atomic E-state index is -0.320. The Morgan fingerprint density at radius 1 is 0.921 bits per heavy atom. The number of aryl methyl sites for hydroxylation is 1. The van der Waals surface area contributed by atoms with Crippen LogP contribution in [-0.4, -0.2) is 74.6 Å². The second-order valence-electron chi connectivity index (χ2n) is 9.47. The minimum Gasteiger partial charge on any atom is -0.418 e. The van der Waals surface area contributed by atoms with E-state index in [9.17, 15) is 9.50 Å². The van der Waals surface area contributed by atoms with Crippen LogP contribution in [0.3, 0.4) is 0 Å². The highest BCUT2D eigenvalue weighted by Crippen LogP contribution is 2.35. The lowest BCUT2D eigenvalue weighted by Gasteiger charge is -2.34. The summed E-state index contributed by atoms with van der Waals surface area (Å²) in [4.78, 5) is 18.4. The molecule has 38 heavy (non-hydrogen) atoms. The summed E-state index contributed by atoms with van der Waals surface area (Å²) in [6.45, 7) is 4.68. The third-order valence-electron chi connectivity index (χ3n) is 6.86. The first-order chi connectivity index (χ1) is 18.6. The summed E-state index contributed by atoms with van der Waals surface area (Å²) in [6, 6.07) is 14.4. The molecular weight excluding hydrogens is 485 g/mol. The molecule has 0 saturated carbocycles. The number of halogens is 1. The summed E-state index contributed by atoms with van der Waals surface area (Å²) in [5.74, 6) is 0.141. The molecule has 0 spiro atoms. The fraction of sp³-hybridized carbons (Fsp3) is 0.286. The van der Waals surface area contributed by atoms with Crippen LogP contribution in [0.15, 0.2) is 65.5 Å². The molecule has 2 aromatic carbocycles. The van der Waals surface area contributed by atoms with Gasteiger partial charge in [0.15, 0.2) is 5.52 Å². The summed E-state index contributed by atoms with van der Waals surface area (Å²) in [6.07, 6.45) is 3.87. The second kappa shape index (κ2) is 10.3. The predicted octanol–water partition coefficient (Wildman–Crippen LogP) is 4.09. The van der Waals surface area contributed by atoms with Gasteiger partial charge in [0.25, 0.3) is 5.71 Å². The lowest BCUT2D eigenvalue weighted by atomic mass is 10.1. The molecule has 0 amide bonds. The zero-order valence-corrected chi connectivity index (χ0v) is 21.1. The van der Waals surface area contributed by atoms with E-state index >= 15 is 0 Å². The number of oxazole rings is 1. The standard InChI is InChI=1S/C28H28FN7O2/c1-34-12-14-35(15-13-34)22-9-5-20(6-10-22)27-32-26-25(30-18-31-28(26)38-27)23-17-36(11-2-16-37)33-24(23)19-3-7-21(29)8-4-19/h3-10,17-18,37H,2,11-16H2,1H3. The van der Waals surface area contributed by atoms with Crippen molar-refractivity contribution in [3.05, 3.63) is 66.9 Å². The number of hydrogen-bond donors (Lipinski definition) is 1. The van der Waals surface area contributed by atoms with Gasteiger partial charge in [0.2, 0.25) is 5.89 Å². The van der Waals surface area contributed by atoms with Gasteiger partial charge in [-0.2, -0.15) is 10.1 Å². The Morgan fingerprint density at radius 3 is 2.39 bits per heavy atom. The molecule has 0 radical (unpaired) electrons. The Balaban J connectivity index is 1.37. The summed E-state index contributed by atoms with van der Waals surface area (Å²) in [7, 11) is 2.15. The molecule has 3 aromatic heterocycles. The molecular formula is C28H28FN7O2. The van der Waals surface area contributed by atoms with Crippen molar-refractivity contribution in [3.8, 4) is 34.0 Å². The van der Waals surface area contributed by atoms with Crippen LogP contribution in [0.25, 0.3) is 45.2 Å². The quantitative estimate of drug-likeness (QED) is 0.348. The molecule has 1 saturated heterocycles. The SMILES string of the molecule is CN1CCN(c2ccc(-c3nc4c(-c5cn(CCCO)nc5-c5ccc(F)cc5)ncnc4o3)cc2)CC1. The van der Waals surface area contributed by atoms with Crippen LogP contribution >= 0.6 is 0 Å². The molecule has 10 heteroatoms. The van der Waals surface area contributed by atoms with Crippen molar-refractivity contribution < 1.29 is 13.9 Å². The molecule has 5 aromatic rings. The number of hydrogen-bond acceptors (Lipinski definition) is 8. The number of nitrogens with zero attached hydrogens (tertiary/aromatic N) is 7. The van der Waals surface area contributed by atoms with E-state index < -0.39 is 0 Å². The predicted molar refractivity (Wildman–Crippen MR) is 143 cm³/mol. The van der Waals surface area contributed by atoms with Gasteiger partial charge in [0.1, 0.15) is 23.5 Å². The number of benzene rings is 2. The summed E-state index contributed by atoms with van der Waals surface area (Å²) in [5, 5.41) is 14.0. The molecule has 4 heterocycles. The van der Waals surface area contributed by atoms with Gasteiger partial charge in [-0.3, -0.25) is 4.68 Å². The van der Waals surface area contributed by atoms with Gasteiger partial charge in [-0.1, -0.05) is 0 Å². The van der Waals surface area contributed by atoms with Crippen molar-refractivity contribution in [3.63, 3.8) is 0 Å². The Labute approximate surface area is 219 Å². The third-order valence-corrected chi connectivity index (χ3v) is 6.86. The van der Waals surface area contributed by atoms with Crippen LogP contribution in [0.5, 0.6) is 0 Å². The number of fused-ring (bicyclic) bond motifs is 1. The van der Waals surface area contributed by atoms with E-state index in [0.717, 1.165) is 42.9 Å². The van der Waals surface area contributed by atoms with Crippen molar-refractivity contribution in [2.24, 2.45) is 0 Å². The van der Waals surface area contributed by atoms with Crippen LogP contribution in [-0.2, 0) is 6.54 Å². The van der Waals surface area contributed by atoms with E-state index in [-0.39, 0.29) is 12.4 Å². The zero-order chi connectivity index (χ0) is 26.1. The van der Waals surface area contributed by atoms with Gasteiger partial charge in [0, 0.05) is 67.9 Å². The maximum absolute atomic E-state index is 13.6. The molecule has 1 aliphatic rings. The van der Waals surface area contributed by atoms with Gasteiger partial charge >= 0.3 is 0 Å². The molecule has 1 aliphatic heterocycles. The topological polar surface area (TPSA) is 96.3 Å². The summed E-state index contributed by atoms with van der Waals surface area (Å²) < 4.78 is 21.4. The van der Waals surface area contributed by atoms with E-state index in [2.05, 4.69) is 38.9 Å². The molecule has 1 fully saturated rings. The fourth-order valence-corrected chi connectivity index (χ4v) is 4.72. The van der Waals surface area contributed by atoms with Crippen LogP contribution in [0.2, 0.25) is 0 Å². The minimum absolute atomic E-state index is 0.0546. The second-order valence-corrected chi connectivity index (χ2v) is 9.47. The number of aliphatic hydroxyl groups is 1. The first kappa shape index (κ1) is 24.2. The van der Waals surface area contributed by atoms with Crippen molar-refractivity contribution in [1.82, 2.24) is 29.6 Å². The number of aliphatic hydroxyl groups excluding tert-OH is 1. The lowest BCUT2D eigenvalue weighted by Crippen LogP contribution is -2.44. The normalized spacial score (nSPS) is 14.4. The Morgan fingerprint density at radius 2 is 1.66 bits per heavy atom. The van der Waals surface area contributed by atoms with E-state index in [1.807, 2.05) is 18.3 Å². The molecule has 194 valence electrons. The highest BCUT2D eigenvalue weighted by Gasteiger charge is 2.21. The molecule has 6 rings (SSSR count). The van der Waals surface area contributed by atoms with Crippen molar-refractivity contribution in [2.45, 2.75) is 13.0 Å². The zero-order valence-electron chi connectivity index (χ0n) is 21.1. The maximum Gasteiger partial charge on any atom is 0.251 e. The average molecular weight is 514 g/mol. The van der Waals surface area contributed by atoms with E-state index in [4.69, 9.17) is 14.5 Å². The Kier molecular flexibility index (Phi) is 6.57. The van der Waals surface area contributed by atoms with Crippen molar-refractivity contribution >= 4 is 16.9 Å². The van der Waals surface area contributed by atoms with Gasteiger partial charge in [0.05, 0.1) is 0 Å². The van der Waals surface area contributed by atoms with Crippen LogP contribution in [0.1, 0.15) is 6.42 Å². The first-order valence-corrected chi connectivity index (χ1v) is 12.7. The molecule has 1 N–H and O–H groups in total. The fourth-order valence-electron chi connectivity index (χ4n) is 4.72. The largest absolute Gasteiger partial charge is 0.418 e. The van der Waals surface area contributed by atoms with Crippen LogP contribution in [0.4, 0.5) is 10.1 Å². The molecule has 0 aliphatic carbocycles. The van der Waals surface area contributed by atoms with Gasteiger partial charge in [-0.25, -0.2) is 14.4 Å². The number of rotatable bonds is 7. The summed E-state index contributed by atoms with van der Waals surface area (Å²) >= 11 is 0. The van der Waals surface area contributed by atoms with Gasteiger partial charge in [-0.05, 0) is 62.0 Å². The number of anilines is 1. The number of aromatic nitrogens is 5. The Hall–Kier alpha value is -4.15. The monoisotopic (exact) mass is 513 g/mol. The average Bonchev–Trinajstić information content (AvgIpc) is 3.58. The van der Waals surface area contributed by atoms with Gasteiger partial charge < -0.3 is 19.3 Å². The highest BCUT2D eigenvalue weighted by atomic mass is 19.1. The maximum atomic E-state index is 13.6. The van der Waals surface area contributed by atoms with E-state index in [1.165, 1.54) is 24.1 Å². The molecule has 9 nitrogen and oxygen atoms in total. The first-order valence-electron chi connectivity index (χ1n) is 12.7. The molecule has 0 bridgehead atoms. The van der Waals surface area contributed by atoms with E-state index in [1.54, 1.807) is 16.8 Å². The Bertz CT molecular complexity index is 1540. The van der Waals surface area contributed by atoms with E-state index in [0.29, 0.717) is 41.5 Å². The van der Waals surface area contributed by atoms with Crippen molar-refractivity contribution in [2.75, 3.05) is 44.7 Å². The third kappa shape index (κ3) is 4.75. The van der Waals surface area contributed by atoms with Gasteiger partial charge in [-0.15, -0.1) is 0 Å². The highest BCUT2D eigenvalue weighted by molar-refractivity contribution is 5.92. The molecule has 0 unspecified atom stereocenters. The van der Waals surface area contributed by atoms with Crippen LogP contribution < -0.4 is 4.90 Å². The van der Waals surface area contributed by atoms with Crippen molar-refractivity contribution in [1.29, 1.82) is 0 Å². The smallest absolute Gasteiger partial charge is 0.251 e.